The quantitative estimate of drug-likeness (QED) is 0.437. The Morgan fingerprint density at radius 2 is 1.96 bits per heavy atom. The van der Waals surface area contributed by atoms with E-state index >= 15 is 0 Å². The van der Waals surface area contributed by atoms with Gasteiger partial charge in [-0.25, -0.2) is 0 Å². The molecule has 3 aliphatic rings. The number of ether oxygens (including phenoxy) is 2. The topological polar surface area (TPSA) is 38.8 Å². The third kappa shape index (κ3) is 2.88. The summed E-state index contributed by atoms with van der Waals surface area (Å²) in [5.41, 5.74) is 1.35. The summed E-state index contributed by atoms with van der Waals surface area (Å²) < 4.78 is 11.3. The Kier molecular flexibility index (Phi) is 4.16. The van der Waals surface area contributed by atoms with Gasteiger partial charge in [0.05, 0.1) is 18.1 Å². The van der Waals surface area contributed by atoms with Crippen LogP contribution in [0.3, 0.4) is 0 Å². The first-order valence-corrected chi connectivity index (χ1v) is 9.54. The van der Waals surface area contributed by atoms with Gasteiger partial charge in [-0.05, 0) is 61.1 Å². The number of esters is 1. The van der Waals surface area contributed by atoms with E-state index < -0.39 is 0 Å². The Hall–Kier alpha value is -1.35. The smallest absolute Gasteiger partial charge is 0.314 e. The van der Waals surface area contributed by atoms with Crippen LogP contribution in [0.15, 0.2) is 24.3 Å². The molecule has 3 nitrogen and oxygen atoms in total. The molecule has 0 aromatic heterocycles. The Balaban J connectivity index is 1.37. The fourth-order valence-corrected chi connectivity index (χ4v) is 4.98. The second kappa shape index (κ2) is 6.18. The Morgan fingerprint density at radius 3 is 2.54 bits per heavy atom. The highest BCUT2D eigenvalue weighted by Gasteiger charge is 2.64. The molecule has 6 atom stereocenters. The van der Waals surface area contributed by atoms with E-state index in [1.807, 2.05) is 12.1 Å². The number of carbonyl (C=O) groups is 1. The van der Waals surface area contributed by atoms with Gasteiger partial charge in [0.15, 0.2) is 0 Å². The van der Waals surface area contributed by atoms with Crippen LogP contribution in [-0.4, -0.2) is 18.2 Å². The summed E-state index contributed by atoms with van der Waals surface area (Å²) in [6.07, 6.45) is 5.26. The molecule has 24 heavy (non-hydrogen) atoms. The number of epoxide rings is 1. The minimum Gasteiger partial charge on any atom is -0.426 e. The molecule has 1 aromatic carbocycles. The van der Waals surface area contributed by atoms with Crippen LogP contribution in [-0.2, 0) is 9.53 Å². The van der Waals surface area contributed by atoms with Gasteiger partial charge in [-0.3, -0.25) is 4.79 Å². The number of rotatable bonds is 6. The summed E-state index contributed by atoms with van der Waals surface area (Å²) in [5.74, 6) is 2.95. The lowest BCUT2D eigenvalue weighted by Crippen LogP contribution is -2.29. The van der Waals surface area contributed by atoms with Gasteiger partial charge in [-0.2, -0.15) is 0 Å². The first kappa shape index (κ1) is 16.1. The predicted molar refractivity (Wildman–Crippen MR) is 92.9 cm³/mol. The molecule has 1 aromatic rings. The maximum absolute atomic E-state index is 12.5. The fraction of sp³-hybridized carbons (Fsp3) is 0.667. The van der Waals surface area contributed by atoms with Gasteiger partial charge in [0.2, 0.25) is 0 Å². The number of fused-ring (bicyclic) bond motifs is 5. The monoisotopic (exact) mass is 328 g/mol. The van der Waals surface area contributed by atoms with Crippen LogP contribution in [0.2, 0.25) is 0 Å². The lowest BCUT2D eigenvalue weighted by molar-refractivity contribution is -0.140. The fourth-order valence-electron chi connectivity index (χ4n) is 4.98. The van der Waals surface area contributed by atoms with Crippen molar-refractivity contribution in [3.63, 3.8) is 0 Å². The number of hydrogen-bond acceptors (Lipinski definition) is 3. The maximum atomic E-state index is 12.5. The molecule has 5 unspecified atom stereocenters. The van der Waals surface area contributed by atoms with E-state index in [-0.39, 0.29) is 11.9 Å². The number of hydrogen-bond donors (Lipinski definition) is 0. The summed E-state index contributed by atoms with van der Waals surface area (Å²) in [6, 6.07) is 8.17. The van der Waals surface area contributed by atoms with Gasteiger partial charge in [0, 0.05) is 5.92 Å². The van der Waals surface area contributed by atoms with Crippen LogP contribution in [0, 0.1) is 23.7 Å². The molecule has 1 heterocycles. The zero-order chi connectivity index (χ0) is 16.8. The standard InChI is InChI=1S/C21H28O3/c1-4-13(9-12(2)3)14-5-7-16(8-6-14)23-21(22)18-11-15-10-17(18)20-19(15)24-20/h5-8,12-13,15,17-20H,4,9-11H2,1-3H3/t13?,15-,17?,18?,19?,20?/m0/s1. The zero-order valence-electron chi connectivity index (χ0n) is 14.9. The lowest BCUT2D eigenvalue weighted by Gasteiger charge is -2.19. The van der Waals surface area contributed by atoms with Crippen LogP contribution in [0.4, 0.5) is 0 Å². The zero-order valence-corrected chi connectivity index (χ0v) is 14.9. The molecule has 3 heteroatoms. The first-order valence-electron chi connectivity index (χ1n) is 9.54. The minimum absolute atomic E-state index is 0.0442. The van der Waals surface area contributed by atoms with Gasteiger partial charge < -0.3 is 9.47 Å². The summed E-state index contributed by atoms with van der Waals surface area (Å²) in [7, 11) is 0. The van der Waals surface area contributed by atoms with Crippen molar-refractivity contribution >= 4 is 5.97 Å². The molecule has 0 spiro atoms. The van der Waals surface area contributed by atoms with Crippen molar-refractivity contribution in [2.24, 2.45) is 23.7 Å². The van der Waals surface area contributed by atoms with E-state index in [9.17, 15) is 4.79 Å². The van der Waals surface area contributed by atoms with Crippen molar-refractivity contribution in [1.82, 2.24) is 0 Å². The summed E-state index contributed by atoms with van der Waals surface area (Å²) >= 11 is 0. The number of benzene rings is 1. The Labute approximate surface area is 144 Å². The van der Waals surface area contributed by atoms with Crippen LogP contribution in [0.25, 0.3) is 0 Å². The summed E-state index contributed by atoms with van der Waals surface area (Å²) in [4.78, 5) is 12.5. The molecule has 2 saturated carbocycles. The summed E-state index contributed by atoms with van der Waals surface area (Å²) in [5, 5.41) is 0. The predicted octanol–water partition coefficient (Wildman–Crippen LogP) is 4.56. The SMILES string of the molecule is CCC(CC(C)C)c1ccc(OC(=O)C2C[C@@H]3CC2C2OC23)cc1. The van der Waals surface area contributed by atoms with Crippen molar-refractivity contribution in [1.29, 1.82) is 0 Å². The molecule has 2 aliphatic carbocycles. The number of carbonyl (C=O) groups excluding carboxylic acids is 1. The second-order valence-corrected chi connectivity index (χ2v) is 8.29. The molecule has 1 aliphatic heterocycles. The van der Waals surface area contributed by atoms with Crippen molar-refractivity contribution in [2.45, 2.75) is 64.6 Å². The Morgan fingerprint density at radius 1 is 1.21 bits per heavy atom. The molecule has 0 N–H and O–H groups in total. The highest BCUT2D eigenvalue weighted by Crippen LogP contribution is 2.59. The van der Waals surface area contributed by atoms with E-state index in [0.29, 0.717) is 41.6 Å². The lowest BCUT2D eigenvalue weighted by atomic mass is 9.88. The van der Waals surface area contributed by atoms with Crippen molar-refractivity contribution < 1.29 is 14.3 Å². The molecule has 0 amide bonds. The molecule has 2 bridgehead atoms. The van der Waals surface area contributed by atoms with Gasteiger partial charge in [-0.1, -0.05) is 32.9 Å². The van der Waals surface area contributed by atoms with Crippen molar-refractivity contribution in [3.8, 4) is 5.75 Å². The molecule has 3 fully saturated rings. The van der Waals surface area contributed by atoms with E-state index in [2.05, 4.69) is 32.9 Å². The molecule has 130 valence electrons. The molecule has 4 rings (SSSR count). The summed E-state index contributed by atoms with van der Waals surface area (Å²) in [6.45, 7) is 6.77. The van der Waals surface area contributed by atoms with E-state index in [1.165, 1.54) is 12.0 Å². The highest BCUT2D eigenvalue weighted by atomic mass is 16.6. The van der Waals surface area contributed by atoms with Crippen LogP contribution < -0.4 is 4.74 Å². The average molecular weight is 328 g/mol. The van der Waals surface area contributed by atoms with Crippen molar-refractivity contribution in [3.05, 3.63) is 29.8 Å². The van der Waals surface area contributed by atoms with Gasteiger partial charge in [0.1, 0.15) is 5.75 Å². The minimum atomic E-state index is -0.0570. The maximum Gasteiger partial charge on any atom is 0.314 e. The Bertz CT molecular complexity index is 606. The molecular weight excluding hydrogens is 300 g/mol. The average Bonchev–Trinajstić information content (AvgIpc) is 3.17. The van der Waals surface area contributed by atoms with Crippen LogP contribution in [0.5, 0.6) is 5.75 Å². The van der Waals surface area contributed by atoms with Crippen LogP contribution >= 0.6 is 0 Å². The van der Waals surface area contributed by atoms with Crippen molar-refractivity contribution in [2.75, 3.05) is 0 Å². The molecule has 1 saturated heterocycles. The third-order valence-electron chi connectivity index (χ3n) is 6.22. The largest absolute Gasteiger partial charge is 0.426 e. The molecule has 0 radical (unpaired) electrons. The van der Waals surface area contributed by atoms with E-state index in [4.69, 9.17) is 9.47 Å². The molecular formula is C21H28O3. The first-order chi connectivity index (χ1) is 11.6. The van der Waals surface area contributed by atoms with Gasteiger partial charge >= 0.3 is 5.97 Å². The van der Waals surface area contributed by atoms with Gasteiger partial charge in [0.25, 0.3) is 0 Å². The third-order valence-corrected chi connectivity index (χ3v) is 6.22. The van der Waals surface area contributed by atoms with Gasteiger partial charge in [-0.15, -0.1) is 0 Å². The van der Waals surface area contributed by atoms with Crippen LogP contribution in [0.1, 0.15) is 57.9 Å². The van der Waals surface area contributed by atoms with E-state index in [0.717, 1.165) is 19.3 Å². The highest BCUT2D eigenvalue weighted by molar-refractivity contribution is 5.76. The second-order valence-electron chi connectivity index (χ2n) is 8.29. The van der Waals surface area contributed by atoms with E-state index in [1.54, 1.807) is 0 Å². The normalized spacial score (nSPS) is 34.2.